The molecule has 1 aliphatic carbocycles. The van der Waals surface area contributed by atoms with E-state index < -0.39 is 6.43 Å². The predicted molar refractivity (Wildman–Crippen MR) is 70.0 cm³/mol. The van der Waals surface area contributed by atoms with Crippen molar-refractivity contribution in [1.29, 1.82) is 0 Å². The van der Waals surface area contributed by atoms with Crippen LogP contribution in [-0.2, 0) is 0 Å². The molecule has 2 rings (SSSR count). The number of piperazine rings is 1. The molecule has 0 radical (unpaired) electrons. The summed E-state index contributed by atoms with van der Waals surface area (Å²) < 4.78 is 24.6. The van der Waals surface area contributed by atoms with Crippen LogP contribution in [0.4, 0.5) is 8.78 Å². The number of halogens is 2. The molecular weight excluding hydrogens is 234 g/mol. The summed E-state index contributed by atoms with van der Waals surface area (Å²) in [5.41, 5.74) is 0. The van der Waals surface area contributed by atoms with Crippen molar-refractivity contribution in [3.05, 3.63) is 0 Å². The van der Waals surface area contributed by atoms with E-state index in [0.717, 1.165) is 38.0 Å². The molecule has 0 N–H and O–H groups in total. The van der Waals surface area contributed by atoms with Gasteiger partial charge in [-0.1, -0.05) is 26.2 Å². The maximum absolute atomic E-state index is 12.3. The number of nitrogens with zero attached hydrogens (tertiary/aromatic N) is 2. The standard InChI is InChI=1S/C14H26F2N2/c1-12-4-2-3-5-13(12)10-17-6-8-18(9-7-17)11-14(15)16/h12-14H,2-11H2,1H3/t12-,13-/m0/s1. The molecule has 2 nitrogen and oxygen atoms in total. The van der Waals surface area contributed by atoms with Crippen LogP contribution in [0.3, 0.4) is 0 Å². The van der Waals surface area contributed by atoms with Crippen molar-refractivity contribution < 1.29 is 8.78 Å². The van der Waals surface area contributed by atoms with Crippen LogP contribution in [-0.4, -0.2) is 55.5 Å². The third kappa shape index (κ3) is 4.16. The fourth-order valence-electron chi connectivity index (χ4n) is 3.35. The molecule has 1 heterocycles. The quantitative estimate of drug-likeness (QED) is 0.767. The fraction of sp³-hybridized carbons (Fsp3) is 1.00. The van der Waals surface area contributed by atoms with Crippen LogP contribution in [0.2, 0.25) is 0 Å². The minimum atomic E-state index is -2.19. The Balaban J connectivity index is 1.69. The van der Waals surface area contributed by atoms with Gasteiger partial charge in [0.1, 0.15) is 0 Å². The molecule has 0 amide bonds. The van der Waals surface area contributed by atoms with Crippen LogP contribution in [0.15, 0.2) is 0 Å². The van der Waals surface area contributed by atoms with E-state index in [1.807, 2.05) is 4.90 Å². The zero-order valence-corrected chi connectivity index (χ0v) is 11.5. The molecule has 0 aromatic carbocycles. The lowest BCUT2D eigenvalue weighted by Gasteiger charge is -2.38. The molecule has 106 valence electrons. The zero-order chi connectivity index (χ0) is 13.0. The lowest BCUT2D eigenvalue weighted by atomic mass is 9.80. The van der Waals surface area contributed by atoms with E-state index in [4.69, 9.17) is 0 Å². The molecule has 18 heavy (non-hydrogen) atoms. The monoisotopic (exact) mass is 260 g/mol. The summed E-state index contributed by atoms with van der Waals surface area (Å²) in [7, 11) is 0. The van der Waals surface area contributed by atoms with Crippen LogP contribution in [0.1, 0.15) is 32.6 Å². The Kier molecular flexibility index (Phi) is 5.37. The van der Waals surface area contributed by atoms with Gasteiger partial charge < -0.3 is 4.90 Å². The Morgan fingerprint density at radius 2 is 1.61 bits per heavy atom. The van der Waals surface area contributed by atoms with Crippen LogP contribution >= 0.6 is 0 Å². The second kappa shape index (κ2) is 6.80. The van der Waals surface area contributed by atoms with E-state index in [0.29, 0.717) is 0 Å². The van der Waals surface area contributed by atoms with Crippen molar-refractivity contribution in [3.8, 4) is 0 Å². The first-order chi connectivity index (χ1) is 8.65. The van der Waals surface area contributed by atoms with E-state index in [9.17, 15) is 8.78 Å². The molecule has 0 unspecified atom stereocenters. The smallest absolute Gasteiger partial charge is 0.251 e. The van der Waals surface area contributed by atoms with Gasteiger partial charge >= 0.3 is 0 Å². The molecule has 1 aliphatic heterocycles. The Morgan fingerprint density at radius 1 is 1.00 bits per heavy atom. The second-order valence-corrected chi connectivity index (χ2v) is 6.01. The lowest BCUT2D eigenvalue weighted by molar-refractivity contribution is 0.0462. The van der Waals surface area contributed by atoms with Gasteiger partial charge in [0.2, 0.25) is 0 Å². The molecule has 2 aliphatic rings. The van der Waals surface area contributed by atoms with Gasteiger partial charge in [-0.3, -0.25) is 4.90 Å². The molecule has 2 atom stereocenters. The van der Waals surface area contributed by atoms with E-state index in [2.05, 4.69) is 11.8 Å². The molecule has 4 heteroatoms. The topological polar surface area (TPSA) is 6.48 Å². The first-order valence-corrected chi connectivity index (χ1v) is 7.38. The molecule has 1 saturated carbocycles. The number of alkyl halides is 2. The maximum atomic E-state index is 12.3. The minimum absolute atomic E-state index is 0.0479. The summed E-state index contributed by atoms with van der Waals surface area (Å²) in [6, 6.07) is 0. The number of hydrogen-bond acceptors (Lipinski definition) is 2. The Labute approximate surface area is 109 Å². The van der Waals surface area contributed by atoms with Gasteiger partial charge in [-0.05, 0) is 18.3 Å². The predicted octanol–water partition coefficient (Wildman–Crippen LogP) is 2.70. The SMILES string of the molecule is C[C@H]1CCCC[C@H]1CN1CCN(CC(F)F)CC1. The summed E-state index contributed by atoms with van der Waals surface area (Å²) in [6.45, 7) is 7.07. The highest BCUT2D eigenvalue weighted by Crippen LogP contribution is 2.30. The van der Waals surface area contributed by atoms with E-state index in [-0.39, 0.29) is 6.54 Å². The third-order valence-electron chi connectivity index (χ3n) is 4.64. The van der Waals surface area contributed by atoms with Crippen molar-refractivity contribution in [2.24, 2.45) is 11.8 Å². The van der Waals surface area contributed by atoms with Crippen molar-refractivity contribution in [2.45, 2.75) is 39.0 Å². The zero-order valence-electron chi connectivity index (χ0n) is 11.5. The highest BCUT2D eigenvalue weighted by molar-refractivity contribution is 4.79. The van der Waals surface area contributed by atoms with Gasteiger partial charge in [-0.15, -0.1) is 0 Å². The molecule has 0 bridgehead atoms. The number of hydrogen-bond donors (Lipinski definition) is 0. The summed E-state index contributed by atoms with van der Waals surface area (Å²) in [4.78, 5) is 4.37. The van der Waals surface area contributed by atoms with E-state index in [1.54, 1.807) is 0 Å². The highest BCUT2D eigenvalue weighted by atomic mass is 19.3. The van der Waals surface area contributed by atoms with Crippen molar-refractivity contribution in [3.63, 3.8) is 0 Å². The normalized spacial score (nSPS) is 32.0. The van der Waals surface area contributed by atoms with Gasteiger partial charge in [0.25, 0.3) is 6.43 Å². The number of rotatable bonds is 4. The Hall–Kier alpha value is -0.220. The van der Waals surface area contributed by atoms with Crippen molar-refractivity contribution >= 4 is 0 Å². The first-order valence-electron chi connectivity index (χ1n) is 7.38. The van der Waals surface area contributed by atoms with Crippen LogP contribution < -0.4 is 0 Å². The average molecular weight is 260 g/mol. The summed E-state index contributed by atoms with van der Waals surface area (Å²) in [5.74, 6) is 1.68. The van der Waals surface area contributed by atoms with Gasteiger partial charge in [-0.25, -0.2) is 8.78 Å². The van der Waals surface area contributed by atoms with Crippen LogP contribution in [0, 0.1) is 11.8 Å². The molecule has 0 aromatic rings. The minimum Gasteiger partial charge on any atom is -0.301 e. The van der Waals surface area contributed by atoms with E-state index in [1.165, 1.54) is 32.2 Å². The lowest BCUT2D eigenvalue weighted by Crippen LogP contribution is -2.49. The highest BCUT2D eigenvalue weighted by Gasteiger charge is 2.26. The third-order valence-corrected chi connectivity index (χ3v) is 4.64. The summed E-state index contributed by atoms with van der Waals surface area (Å²) in [6.07, 6.45) is 3.31. The molecule has 2 fully saturated rings. The van der Waals surface area contributed by atoms with E-state index >= 15 is 0 Å². The molecule has 0 aromatic heterocycles. The van der Waals surface area contributed by atoms with Gasteiger partial charge in [0.15, 0.2) is 0 Å². The van der Waals surface area contributed by atoms with Crippen LogP contribution in [0.5, 0.6) is 0 Å². The van der Waals surface area contributed by atoms with Gasteiger partial charge in [0.05, 0.1) is 6.54 Å². The molecule has 0 spiro atoms. The summed E-state index contributed by atoms with van der Waals surface area (Å²) in [5, 5.41) is 0. The Bertz CT molecular complexity index is 240. The second-order valence-electron chi connectivity index (χ2n) is 6.01. The molecule has 1 saturated heterocycles. The largest absolute Gasteiger partial charge is 0.301 e. The van der Waals surface area contributed by atoms with Crippen LogP contribution in [0.25, 0.3) is 0 Å². The van der Waals surface area contributed by atoms with Gasteiger partial charge in [0, 0.05) is 32.7 Å². The van der Waals surface area contributed by atoms with Crippen molar-refractivity contribution in [2.75, 3.05) is 39.3 Å². The fourth-order valence-corrected chi connectivity index (χ4v) is 3.35. The first kappa shape index (κ1) is 14.2. The maximum Gasteiger partial charge on any atom is 0.251 e. The summed E-state index contributed by atoms with van der Waals surface area (Å²) >= 11 is 0. The van der Waals surface area contributed by atoms with Crippen molar-refractivity contribution in [1.82, 2.24) is 9.80 Å². The average Bonchev–Trinajstić information content (AvgIpc) is 2.34. The van der Waals surface area contributed by atoms with Gasteiger partial charge in [-0.2, -0.15) is 0 Å². The molecular formula is C14H26F2N2. The Morgan fingerprint density at radius 3 is 2.22 bits per heavy atom.